The first-order chi connectivity index (χ1) is 14.2. The molecule has 0 bridgehead atoms. The Morgan fingerprint density at radius 3 is 1.69 bits per heavy atom. The van der Waals surface area contributed by atoms with Crippen molar-refractivity contribution >= 4 is 16.7 Å². The summed E-state index contributed by atoms with van der Waals surface area (Å²) in [5.41, 5.74) is 8.09. The molecule has 2 N–H and O–H groups in total. The minimum atomic E-state index is 0.249. The molecule has 1 aliphatic carbocycles. The summed E-state index contributed by atoms with van der Waals surface area (Å²) in [5, 5.41) is 19.5. The average molecular weight is 380 g/mol. The zero-order valence-corrected chi connectivity index (χ0v) is 16.5. The maximum absolute atomic E-state index is 9.73. The van der Waals surface area contributed by atoms with E-state index < -0.39 is 0 Å². The summed E-state index contributed by atoms with van der Waals surface area (Å²) in [6.45, 7) is 2.16. The number of phenolic OH excluding ortho intramolecular Hbond substituents is 2. The van der Waals surface area contributed by atoms with Crippen molar-refractivity contribution < 1.29 is 10.2 Å². The minimum absolute atomic E-state index is 0.249. The molecule has 0 saturated carbocycles. The van der Waals surface area contributed by atoms with Crippen LogP contribution in [0.3, 0.4) is 0 Å². The summed E-state index contributed by atoms with van der Waals surface area (Å²) in [4.78, 5) is 0. The molecule has 144 valence electrons. The Bertz CT molecular complexity index is 1030. The molecule has 3 aromatic rings. The summed E-state index contributed by atoms with van der Waals surface area (Å²) in [5.74, 6) is 0.498. The van der Waals surface area contributed by atoms with Gasteiger partial charge in [-0.15, -0.1) is 0 Å². The number of hydrogen-bond donors (Lipinski definition) is 2. The first-order valence-corrected chi connectivity index (χ1v) is 9.95. The molecule has 2 heteroatoms. The number of phenols is 2. The number of allylic oxidation sites excluding steroid dienone is 5. The van der Waals surface area contributed by atoms with Crippen molar-refractivity contribution in [1.82, 2.24) is 0 Å². The second-order valence-electron chi connectivity index (χ2n) is 7.18. The Morgan fingerprint density at radius 2 is 1.24 bits per heavy atom. The monoisotopic (exact) mass is 380 g/mol. The zero-order chi connectivity index (χ0) is 20.2. The van der Waals surface area contributed by atoms with Crippen LogP contribution in [0, 0.1) is 0 Å². The Hall–Kier alpha value is -3.52. The van der Waals surface area contributed by atoms with Gasteiger partial charge in [-0.1, -0.05) is 73.7 Å². The predicted octanol–water partition coefficient (Wildman–Crippen LogP) is 6.81. The van der Waals surface area contributed by atoms with Crippen LogP contribution in [0.15, 0.2) is 91.0 Å². The van der Waals surface area contributed by atoms with Gasteiger partial charge in [0.25, 0.3) is 0 Å². The van der Waals surface area contributed by atoms with E-state index in [-0.39, 0.29) is 11.5 Å². The summed E-state index contributed by atoms with van der Waals surface area (Å²) >= 11 is 0. The fraction of sp³-hybridized carbons (Fsp3) is 0.111. The van der Waals surface area contributed by atoms with E-state index in [0.717, 1.165) is 29.5 Å². The zero-order valence-electron chi connectivity index (χ0n) is 16.5. The Labute approximate surface area is 171 Å². The molecule has 2 nitrogen and oxygen atoms in total. The Morgan fingerprint density at radius 1 is 0.724 bits per heavy atom. The van der Waals surface area contributed by atoms with Crippen LogP contribution >= 0.6 is 0 Å². The topological polar surface area (TPSA) is 40.5 Å². The lowest BCUT2D eigenvalue weighted by Crippen LogP contribution is -1.95. The average Bonchev–Trinajstić information content (AvgIpc) is 3.29. The quantitative estimate of drug-likeness (QED) is 0.477. The third-order valence-corrected chi connectivity index (χ3v) is 5.31. The van der Waals surface area contributed by atoms with Crippen molar-refractivity contribution in [3.63, 3.8) is 0 Å². The van der Waals surface area contributed by atoms with Gasteiger partial charge in [0.1, 0.15) is 11.5 Å². The van der Waals surface area contributed by atoms with Crippen molar-refractivity contribution in [2.45, 2.75) is 19.8 Å². The largest absolute Gasteiger partial charge is 0.508 e. The molecule has 0 aliphatic heterocycles. The SMILES string of the molecule is CCC(=C(c1ccc(O)cc1)c1ccc(O)cc1)c1ccc(C2=CCC=C2)cc1. The van der Waals surface area contributed by atoms with Gasteiger partial charge in [-0.3, -0.25) is 0 Å². The van der Waals surface area contributed by atoms with Crippen LogP contribution in [-0.4, -0.2) is 10.2 Å². The molecule has 3 aromatic carbocycles. The molecule has 0 atom stereocenters. The second kappa shape index (κ2) is 8.24. The van der Waals surface area contributed by atoms with Crippen LogP contribution < -0.4 is 0 Å². The lowest BCUT2D eigenvalue weighted by atomic mass is 9.87. The van der Waals surface area contributed by atoms with E-state index in [9.17, 15) is 10.2 Å². The lowest BCUT2D eigenvalue weighted by Gasteiger charge is -2.17. The molecule has 0 radical (unpaired) electrons. The minimum Gasteiger partial charge on any atom is -0.508 e. The number of benzene rings is 3. The van der Waals surface area contributed by atoms with E-state index in [0.29, 0.717) is 0 Å². The Kier molecular flexibility index (Phi) is 5.35. The molecule has 4 rings (SSSR count). The molecule has 0 heterocycles. The third-order valence-electron chi connectivity index (χ3n) is 5.31. The fourth-order valence-corrected chi connectivity index (χ4v) is 3.83. The molecule has 0 aromatic heterocycles. The van der Waals surface area contributed by atoms with E-state index in [4.69, 9.17) is 0 Å². The van der Waals surface area contributed by atoms with Gasteiger partial charge in [-0.2, -0.15) is 0 Å². The van der Waals surface area contributed by atoms with Crippen molar-refractivity contribution in [2.24, 2.45) is 0 Å². The van der Waals surface area contributed by atoms with Gasteiger partial charge in [-0.25, -0.2) is 0 Å². The maximum Gasteiger partial charge on any atom is 0.115 e. The molecule has 0 saturated heterocycles. The highest BCUT2D eigenvalue weighted by Gasteiger charge is 2.14. The van der Waals surface area contributed by atoms with Crippen LogP contribution in [0.1, 0.15) is 42.0 Å². The van der Waals surface area contributed by atoms with Crippen LogP contribution in [0.2, 0.25) is 0 Å². The highest BCUT2D eigenvalue weighted by atomic mass is 16.3. The molecule has 1 aliphatic rings. The van der Waals surface area contributed by atoms with Crippen LogP contribution in [-0.2, 0) is 0 Å². The van der Waals surface area contributed by atoms with Crippen molar-refractivity contribution in [1.29, 1.82) is 0 Å². The summed E-state index contributed by atoms with van der Waals surface area (Å²) in [7, 11) is 0. The first kappa shape index (κ1) is 18.8. The van der Waals surface area contributed by atoms with Crippen molar-refractivity contribution in [3.05, 3.63) is 113 Å². The Balaban J connectivity index is 1.85. The standard InChI is InChI=1S/C27H24O2/c1-2-26(21-9-7-20(8-10-21)19-5-3-4-6-19)27(22-11-15-24(28)16-12-22)23-13-17-25(29)18-14-23/h3,5-18,28-29H,2,4H2,1H3. The van der Waals surface area contributed by atoms with Crippen LogP contribution in [0.25, 0.3) is 16.7 Å². The molecule has 0 fully saturated rings. The smallest absolute Gasteiger partial charge is 0.115 e. The number of rotatable bonds is 5. The number of aromatic hydroxyl groups is 2. The van der Waals surface area contributed by atoms with Gasteiger partial charge in [0.05, 0.1) is 0 Å². The summed E-state index contributed by atoms with van der Waals surface area (Å²) < 4.78 is 0. The third kappa shape index (κ3) is 4.02. The molecule has 0 spiro atoms. The van der Waals surface area contributed by atoms with Crippen LogP contribution in [0.4, 0.5) is 0 Å². The molecule has 0 amide bonds. The first-order valence-electron chi connectivity index (χ1n) is 9.95. The normalized spacial score (nSPS) is 12.7. The summed E-state index contributed by atoms with van der Waals surface area (Å²) in [6.07, 6.45) is 8.45. The van der Waals surface area contributed by atoms with Gasteiger partial charge in [0.15, 0.2) is 0 Å². The fourth-order valence-electron chi connectivity index (χ4n) is 3.83. The molecular weight excluding hydrogens is 356 g/mol. The van der Waals surface area contributed by atoms with Gasteiger partial charge in [-0.05, 0) is 76.1 Å². The van der Waals surface area contributed by atoms with Gasteiger partial charge < -0.3 is 10.2 Å². The van der Waals surface area contributed by atoms with E-state index >= 15 is 0 Å². The lowest BCUT2D eigenvalue weighted by molar-refractivity contribution is 0.475. The molecule has 0 unspecified atom stereocenters. The van der Waals surface area contributed by atoms with E-state index in [1.807, 2.05) is 24.3 Å². The van der Waals surface area contributed by atoms with Gasteiger partial charge in [0, 0.05) is 0 Å². The van der Waals surface area contributed by atoms with Crippen LogP contribution in [0.5, 0.6) is 11.5 Å². The van der Waals surface area contributed by atoms with Gasteiger partial charge in [0.2, 0.25) is 0 Å². The van der Waals surface area contributed by atoms with Gasteiger partial charge >= 0.3 is 0 Å². The van der Waals surface area contributed by atoms with E-state index in [1.165, 1.54) is 22.3 Å². The maximum atomic E-state index is 9.73. The van der Waals surface area contributed by atoms with Crippen molar-refractivity contribution in [3.8, 4) is 11.5 Å². The number of hydrogen-bond acceptors (Lipinski definition) is 2. The molecule has 29 heavy (non-hydrogen) atoms. The second-order valence-corrected chi connectivity index (χ2v) is 7.18. The van der Waals surface area contributed by atoms with E-state index in [1.54, 1.807) is 24.3 Å². The highest BCUT2D eigenvalue weighted by molar-refractivity contribution is 5.98. The highest BCUT2D eigenvalue weighted by Crippen LogP contribution is 2.36. The molecular formula is C27H24O2. The van der Waals surface area contributed by atoms with E-state index in [2.05, 4.69) is 49.4 Å². The predicted molar refractivity (Wildman–Crippen MR) is 121 cm³/mol. The summed E-state index contributed by atoms with van der Waals surface area (Å²) in [6, 6.07) is 23.3. The van der Waals surface area contributed by atoms with Crippen molar-refractivity contribution in [2.75, 3.05) is 0 Å².